The molecule has 3 aromatic carbocycles. The van der Waals surface area contributed by atoms with Crippen LogP contribution in [0.4, 0.5) is 0 Å². The van der Waals surface area contributed by atoms with E-state index in [0.29, 0.717) is 21.9 Å². The molecule has 4 rings (SSSR count). The van der Waals surface area contributed by atoms with Crippen LogP contribution in [-0.2, 0) is 0 Å². The molecule has 1 aliphatic heterocycles. The topological polar surface area (TPSA) is 61.8 Å². The molecule has 0 amide bonds. The van der Waals surface area contributed by atoms with E-state index in [-0.39, 0.29) is 17.3 Å². The van der Waals surface area contributed by atoms with Crippen LogP contribution in [0.1, 0.15) is 26.3 Å². The van der Waals surface area contributed by atoms with E-state index in [1.54, 1.807) is 55.7 Å². The van der Waals surface area contributed by atoms with Crippen molar-refractivity contribution in [3.63, 3.8) is 0 Å². The normalized spacial score (nSPS) is 13.7. The Labute approximate surface area is 172 Å². The lowest BCUT2D eigenvalue weighted by molar-refractivity contribution is 0.0734. The summed E-state index contributed by atoms with van der Waals surface area (Å²) in [4.78, 5) is 24.9. The molecular weight excluding hydrogens is 392 g/mol. The molecule has 0 fully saturated rings. The highest BCUT2D eigenvalue weighted by molar-refractivity contribution is 6.30. The van der Waals surface area contributed by atoms with Crippen LogP contribution in [0.3, 0.4) is 0 Å². The lowest BCUT2D eigenvalue weighted by atomic mass is 10.1. The van der Waals surface area contributed by atoms with Gasteiger partial charge in [0.05, 0.1) is 18.2 Å². The molecule has 29 heavy (non-hydrogen) atoms. The van der Waals surface area contributed by atoms with Gasteiger partial charge in [-0.1, -0.05) is 29.8 Å². The number of allylic oxidation sites excluding steroid dienone is 1. The largest absolute Gasteiger partial charge is 0.497 e. The summed E-state index contributed by atoms with van der Waals surface area (Å²) in [6, 6.07) is 18.4. The molecule has 0 saturated heterocycles. The molecule has 1 aliphatic rings. The summed E-state index contributed by atoms with van der Waals surface area (Å²) in [5, 5.41) is 0.440. The molecule has 5 nitrogen and oxygen atoms in total. The number of hydrogen-bond donors (Lipinski definition) is 0. The lowest BCUT2D eigenvalue weighted by Gasteiger charge is -2.06. The molecule has 144 valence electrons. The molecule has 0 unspecified atom stereocenters. The molecule has 0 aromatic heterocycles. The van der Waals surface area contributed by atoms with E-state index in [0.717, 1.165) is 11.3 Å². The van der Waals surface area contributed by atoms with Crippen LogP contribution in [0, 0.1) is 0 Å². The van der Waals surface area contributed by atoms with E-state index in [1.807, 2.05) is 12.1 Å². The Morgan fingerprint density at radius 2 is 1.76 bits per heavy atom. The zero-order valence-corrected chi connectivity index (χ0v) is 16.1. The van der Waals surface area contributed by atoms with Gasteiger partial charge in [0.2, 0.25) is 5.78 Å². The first-order valence-corrected chi connectivity index (χ1v) is 9.11. The second-order valence-corrected chi connectivity index (χ2v) is 6.71. The van der Waals surface area contributed by atoms with E-state index in [4.69, 9.17) is 25.8 Å². The molecule has 0 aliphatic carbocycles. The average molecular weight is 407 g/mol. The predicted molar refractivity (Wildman–Crippen MR) is 109 cm³/mol. The number of rotatable bonds is 4. The van der Waals surface area contributed by atoms with Crippen LogP contribution in [-0.4, -0.2) is 18.9 Å². The molecule has 1 heterocycles. The summed E-state index contributed by atoms with van der Waals surface area (Å²) < 4.78 is 16.2. The highest BCUT2D eigenvalue weighted by Crippen LogP contribution is 2.35. The average Bonchev–Trinajstić information content (AvgIpc) is 3.03. The molecule has 0 N–H and O–H groups in total. The summed E-state index contributed by atoms with van der Waals surface area (Å²) in [5.41, 5.74) is 1.54. The Morgan fingerprint density at radius 3 is 2.48 bits per heavy atom. The van der Waals surface area contributed by atoms with Gasteiger partial charge >= 0.3 is 5.97 Å². The highest BCUT2D eigenvalue weighted by atomic mass is 35.5. The summed E-state index contributed by atoms with van der Waals surface area (Å²) in [7, 11) is 1.59. The van der Waals surface area contributed by atoms with Crippen LogP contribution in [0.2, 0.25) is 5.02 Å². The number of benzene rings is 3. The van der Waals surface area contributed by atoms with Gasteiger partial charge in [0.15, 0.2) is 5.76 Å². The second kappa shape index (κ2) is 7.81. The number of carbonyl (C=O) groups is 2. The highest BCUT2D eigenvalue weighted by Gasteiger charge is 2.28. The fraction of sp³-hybridized carbons (Fsp3) is 0.0435. The van der Waals surface area contributed by atoms with Gasteiger partial charge in [-0.15, -0.1) is 0 Å². The molecule has 0 spiro atoms. The first kappa shape index (κ1) is 18.8. The van der Waals surface area contributed by atoms with Crippen molar-refractivity contribution >= 4 is 29.4 Å². The Kier molecular flexibility index (Phi) is 5.06. The number of hydrogen-bond acceptors (Lipinski definition) is 5. The van der Waals surface area contributed by atoms with Crippen molar-refractivity contribution in [1.29, 1.82) is 0 Å². The maximum atomic E-state index is 12.6. The summed E-state index contributed by atoms with van der Waals surface area (Å²) in [6.45, 7) is 0. The van der Waals surface area contributed by atoms with Crippen LogP contribution in [0.25, 0.3) is 6.08 Å². The number of halogens is 1. The van der Waals surface area contributed by atoms with E-state index < -0.39 is 5.97 Å². The zero-order chi connectivity index (χ0) is 20.4. The third-order valence-electron chi connectivity index (χ3n) is 4.33. The molecule has 0 bridgehead atoms. The first-order chi connectivity index (χ1) is 14.0. The van der Waals surface area contributed by atoms with Gasteiger partial charge in [-0.3, -0.25) is 4.79 Å². The molecular formula is C23H15ClO5. The first-order valence-electron chi connectivity index (χ1n) is 8.73. The lowest BCUT2D eigenvalue weighted by Crippen LogP contribution is -2.08. The minimum absolute atomic E-state index is 0.198. The van der Waals surface area contributed by atoms with Crippen LogP contribution >= 0.6 is 11.6 Å². The quantitative estimate of drug-likeness (QED) is 0.339. The SMILES string of the molecule is COc1ccc(/C=C2\Oc3cc(OC(=O)c4cccc(Cl)c4)ccc3C2=O)cc1. The number of ether oxygens (including phenoxy) is 3. The van der Waals surface area contributed by atoms with Crippen LogP contribution < -0.4 is 14.2 Å². The monoisotopic (exact) mass is 406 g/mol. The van der Waals surface area contributed by atoms with Gasteiger partial charge in [0, 0.05) is 11.1 Å². The smallest absolute Gasteiger partial charge is 0.343 e. The third-order valence-corrected chi connectivity index (χ3v) is 4.56. The van der Waals surface area contributed by atoms with Gasteiger partial charge in [-0.2, -0.15) is 0 Å². The molecule has 0 saturated carbocycles. The van der Waals surface area contributed by atoms with Crippen molar-refractivity contribution in [1.82, 2.24) is 0 Å². The van der Waals surface area contributed by atoms with Crippen molar-refractivity contribution in [3.8, 4) is 17.2 Å². The number of fused-ring (bicyclic) bond motifs is 1. The maximum Gasteiger partial charge on any atom is 0.343 e. The second-order valence-electron chi connectivity index (χ2n) is 6.27. The molecule has 3 aromatic rings. The van der Waals surface area contributed by atoms with Gasteiger partial charge in [-0.25, -0.2) is 4.79 Å². The van der Waals surface area contributed by atoms with E-state index in [2.05, 4.69) is 0 Å². The fourth-order valence-electron chi connectivity index (χ4n) is 2.86. The predicted octanol–water partition coefficient (Wildman–Crippen LogP) is 5.18. The molecule has 6 heteroatoms. The number of Topliss-reactive ketones (excluding diaryl/α,β-unsaturated/α-hetero) is 1. The van der Waals surface area contributed by atoms with Crippen molar-refractivity contribution in [2.24, 2.45) is 0 Å². The third kappa shape index (κ3) is 4.00. The Hall–Kier alpha value is -3.57. The molecule has 0 atom stereocenters. The van der Waals surface area contributed by atoms with Crippen LogP contribution in [0.15, 0.2) is 72.5 Å². The Balaban J connectivity index is 1.53. The maximum absolute atomic E-state index is 12.6. The summed E-state index contributed by atoms with van der Waals surface area (Å²) in [5.74, 6) is 0.747. The standard InChI is InChI=1S/C23H15ClO5/c1-27-17-7-5-14(6-8-17)11-21-22(25)19-10-9-18(13-20(19)29-21)28-23(26)15-3-2-4-16(24)12-15/h2-13H,1H3/b21-11-. The van der Waals surface area contributed by atoms with E-state index in [1.165, 1.54) is 12.1 Å². The van der Waals surface area contributed by atoms with Gasteiger partial charge in [0.25, 0.3) is 0 Å². The number of methoxy groups -OCH3 is 1. The van der Waals surface area contributed by atoms with Crippen molar-refractivity contribution in [2.45, 2.75) is 0 Å². The van der Waals surface area contributed by atoms with Crippen molar-refractivity contribution in [3.05, 3.63) is 94.2 Å². The Bertz CT molecular complexity index is 1130. The van der Waals surface area contributed by atoms with Crippen molar-refractivity contribution in [2.75, 3.05) is 7.11 Å². The van der Waals surface area contributed by atoms with Gasteiger partial charge in [0.1, 0.15) is 17.2 Å². The van der Waals surface area contributed by atoms with E-state index >= 15 is 0 Å². The summed E-state index contributed by atoms with van der Waals surface area (Å²) >= 11 is 5.91. The van der Waals surface area contributed by atoms with Crippen molar-refractivity contribution < 1.29 is 23.8 Å². The van der Waals surface area contributed by atoms with E-state index in [9.17, 15) is 9.59 Å². The zero-order valence-electron chi connectivity index (χ0n) is 15.3. The minimum atomic E-state index is -0.550. The minimum Gasteiger partial charge on any atom is -0.497 e. The summed E-state index contributed by atoms with van der Waals surface area (Å²) in [6.07, 6.45) is 1.65. The Morgan fingerprint density at radius 1 is 1.00 bits per heavy atom. The van der Waals surface area contributed by atoms with Crippen LogP contribution in [0.5, 0.6) is 17.2 Å². The van der Waals surface area contributed by atoms with Gasteiger partial charge in [-0.05, 0) is 54.1 Å². The number of esters is 1. The molecule has 0 radical (unpaired) electrons. The number of ketones is 1. The fourth-order valence-corrected chi connectivity index (χ4v) is 3.05. The van der Waals surface area contributed by atoms with Gasteiger partial charge < -0.3 is 14.2 Å². The number of carbonyl (C=O) groups excluding carboxylic acids is 2.